The van der Waals surface area contributed by atoms with E-state index in [4.69, 9.17) is 17.3 Å². The molecule has 1 amide bonds. The van der Waals surface area contributed by atoms with E-state index >= 15 is 0 Å². The van der Waals surface area contributed by atoms with Crippen molar-refractivity contribution in [2.75, 3.05) is 5.32 Å². The van der Waals surface area contributed by atoms with Crippen molar-refractivity contribution >= 4 is 46.3 Å². The molecule has 0 spiro atoms. The highest BCUT2D eigenvalue weighted by Gasteiger charge is 2.20. The minimum atomic E-state index is -1.16. The van der Waals surface area contributed by atoms with Crippen LogP contribution in [0.15, 0.2) is 42.5 Å². The first-order valence-electron chi connectivity index (χ1n) is 7.07. The second-order valence-corrected chi connectivity index (χ2v) is 5.45. The molecule has 2 aromatic carbocycles. The molecule has 2 rings (SSSR count). The van der Waals surface area contributed by atoms with Crippen molar-refractivity contribution in [3.8, 4) is 0 Å². The van der Waals surface area contributed by atoms with Gasteiger partial charge in [0.05, 0.1) is 27.0 Å². The maximum Gasteiger partial charge on any atom is 0.335 e. The van der Waals surface area contributed by atoms with Crippen LogP contribution in [0.3, 0.4) is 0 Å². The van der Waals surface area contributed by atoms with E-state index in [0.717, 1.165) is 18.2 Å². The van der Waals surface area contributed by atoms with Gasteiger partial charge in [-0.2, -0.15) is 0 Å². The highest BCUT2D eigenvalue weighted by molar-refractivity contribution is 7.80. The number of nitro benzene ring substituents is 2. The van der Waals surface area contributed by atoms with Crippen LogP contribution < -0.4 is 10.6 Å². The number of nitro groups is 2. The molecule has 0 saturated heterocycles. The van der Waals surface area contributed by atoms with Gasteiger partial charge in [0, 0.05) is 17.8 Å². The number of nitrogens with zero attached hydrogens (tertiary/aromatic N) is 2. The number of carbonyl (C=O) groups is 2. The van der Waals surface area contributed by atoms with E-state index in [9.17, 15) is 29.8 Å². The van der Waals surface area contributed by atoms with Gasteiger partial charge in [0.1, 0.15) is 0 Å². The monoisotopic (exact) mass is 390 g/mol. The smallest absolute Gasteiger partial charge is 0.335 e. The third-order valence-corrected chi connectivity index (χ3v) is 3.38. The molecule has 27 heavy (non-hydrogen) atoms. The van der Waals surface area contributed by atoms with Crippen LogP contribution >= 0.6 is 12.2 Å². The van der Waals surface area contributed by atoms with Crippen molar-refractivity contribution in [3.05, 3.63) is 73.8 Å². The first-order chi connectivity index (χ1) is 12.7. The fourth-order valence-corrected chi connectivity index (χ4v) is 2.22. The minimum absolute atomic E-state index is 0.0107. The predicted octanol–water partition coefficient (Wildman–Crippen LogP) is 2.33. The fourth-order valence-electron chi connectivity index (χ4n) is 2.00. The summed E-state index contributed by atoms with van der Waals surface area (Å²) in [6, 6.07) is 8.07. The molecule has 3 N–H and O–H groups in total. The summed E-state index contributed by atoms with van der Waals surface area (Å²) in [6.07, 6.45) is 0. The van der Waals surface area contributed by atoms with Crippen LogP contribution in [-0.2, 0) is 0 Å². The number of carbonyl (C=O) groups excluding carboxylic acids is 1. The first-order valence-corrected chi connectivity index (χ1v) is 7.48. The molecular formula is C15H10N4O7S. The summed E-state index contributed by atoms with van der Waals surface area (Å²) in [7, 11) is 0. The second-order valence-electron chi connectivity index (χ2n) is 5.05. The quantitative estimate of drug-likeness (QED) is 0.394. The number of benzene rings is 2. The van der Waals surface area contributed by atoms with Gasteiger partial charge >= 0.3 is 5.97 Å². The van der Waals surface area contributed by atoms with E-state index in [1.54, 1.807) is 0 Å². The van der Waals surface area contributed by atoms with Crippen LogP contribution in [0.1, 0.15) is 20.7 Å². The van der Waals surface area contributed by atoms with Crippen LogP contribution in [0.4, 0.5) is 17.1 Å². The molecule has 0 radical (unpaired) electrons. The maximum atomic E-state index is 12.2. The zero-order chi connectivity index (χ0) is 20.1. The van der Waals surface area contributed by atoms with Gasteiger partial charge in [-0.15, -0.1) is 0 Å². The molecule has 12 heteroatoms. The molecule has 138 valence electrons. The van der Waals surface area contributed by atoms with E-state index in [2.05, 4.69) is 10.6 Å². The molecule has 0 aliphatic heterocycles. The molecule has 0 aliphatic rings. The Morgan fingerprint density at radius 1 is 0.963 bits per heavy atom. The second kappa shape index (κ2) is 7.97. The lowest BCUT2D eigenvalue weighted by Crippen LogP contribution is -2.34. The summed E-state index contributed by atoms with van der Waals surface area (Å²) in [5, 5.41) is 35.2. The molecule has 0 fully saturated rings. The summed E-state index contributed by atoms with van der Waals surface area (Å²) in [6.45, 7) is 0. The predicted molar refractivity (Wildman–Crippen MR) is 96.8 cm³/mol. The SMILES string of the molecule is O=C(O)c1cccc(NC(=S)NC(=O)c2cc([N+](=O)[O-])cc([N+](=O)[O-])c2)c1. The third-order valence-electron chi connectivity index (χ3n) is 3.18. The summed E-state index contributed by atoms with van der Waals surface area (Å²) in [5.74, 6) is -2.06. The average molecular weight is 390 g/mol. The molecule has 0 heterocycles. The van der Waals surface area contributed by atoms with Crippen LogP contribution in [0.5, 0.6) is 0 Å². The van der Waals surface area contributed by atoms with Crippen molar-refractivity contribution in [3.63, 3.8) is 0 Å². The number of hydrogen-bond donors (Lipinski definition) is 3. The number of anilines is 1. The fraction of sp³-hybridized carbons (Fsp3) is 0. The number of rotatable bonds is 5. The van der Waals surface area contributed by atoms with Gasteiger partial charge in [-0.25, -0.2) is 4.79 Å². The molecule has 0 bridgehead atoms. The Bertz CT molecular complexity index is 944. The average Bonchev–Trinajstić information content (AvgIpc) is 2.61. The van der Waals surface area contributed by atoms with Crippen LogP contribution in [0, 0.1) is 20.2 Å². The molecular weight excluding hydrogens is 380 g/mol. The molecule has 2 aromatic rings. The van der Waals surface area contributed by atoms with E-state index in [1.807, 2.05) is 0 Å². The van der Waals surface area contributed by atoms with Crippen molar-refractivity contribution < 1.29 is 24.5 Å². The number of nitrogens with one attached hydrogen (secondary N) is 2. The number of carboxylic acid groups (broad SMARTS) is 1. The minimum Gasteiger partial charge on any atom is -0.478 e. The third kappa shape index (κ3) is 5.02. The molecule has 11 nitrogen and oxygen atoms in total. The van der Waals surface area contributed by atoms with Crippen LogP contribution in [0.2, 0.25) is 0 Å². The Morgan fingerprint density at radius 2 is 1.56 bits per heavy atom. The van der Waals surface area contributed by atoms with Gasteiger partial charge in [0.2, 0.25) is 0 Å². The molecule has 0 aromatic heterocycles. The number of aromatic carboxylic acids is 1. The van der Waals surface area contributed by atoms with E-state index in [1.165, 1.54) is 24.3 Å². The Hall–Kier alpha value is -3.93. The number of non-ortho nitro benzene ring substituents is 2. The maximum absolute atomic E-state index is 12.2. The molecule has 0 atom stereocenters. The lowest BCUT2D eigenvalue weighted by atomic mass is 10.1. The lowest BCUT2D eigenvalue weighted by Gasteiger charge is -2.10. The Morgan fingerprint density at radius 3 is 2.07 bits per heavy atom. The van der Waals surface area contributed by atoms with Crippen molar-refractivity contribution in [2.24, 2.45) is 0 Å². The summed E-state index contributed by atoms with van der Waals surface area (Å²) >= 11 is 4.93. The standard InChI is InChI=1S/C15H10N4O7S/c20-13(9-5-11(18(23)24)7-12(6-9)19(25)26)17-15(27)16-10-3-1-2-8(4-10)14(21)22/h1-7H,(H,21,22)(H2,16,17,20,27). The Balaban J connectivity index is 2.18. The highest BCUT2D eigenvalue weighted by Crippen LogP contribution is 2.22. The normalized spacial score (nSPS) is 9.93. The van der Waals surface area contributed by atoms with E-state index in [0.29, 0.717) is 0 Å². The van der Waals surface area contributed by atoms with Gasteiger partial charge in [0.15, 0.2) is 5.11 Å². The topological polar surface area (TPSA) is 165 Å². The summed E-state index contributed by atoms with van der Waals surface area (Å²) in [5.41, 5.74) is -1.31. The first kappa shape index (κ1) is 19.4. The van der Waals surface area contributed by atoms with Crippen LogP contribution in [-0.4, -0.2) is 31.9 Å². The van der Waals surface area contributed by atoms with Gasteiger partial charge in [-0.05, 0) is 30.4 Å². The van der Waals surface area contributed by atoms with Crippen molar-refractivity contribution in [1.29, 1.82) is 0 Å². The zero-order valence-electron chi connectivity index (χ0n) is 13.2. The van der Waals surface area contributed by atoms with Gasteiger partial charge in [-0.1, -0.05) is 6.07 Å². The molecule has 0 unspecified atom stereocenters. The zero-order valence-corrected chi connectivity index (χ0v) is 14.1. The Labute approximate surface area is 155 Å². The summed E-state index contributed by atoms with van der Waals surface area (Å²) < 4.78 is 0. The van der Waals surface area contributed by atoms with Crippen molar-refractivity contribution in [1.82, 2.24) is 5.32 Å². The summed E-state index contributed by atoms with van der Waals surface area (Å²) in [4.78, 5) is 43.1. The Kier molecular flexibility index (Phi) is 5.72. The van der Waals surface area contributed by atoms with E-state index < -0.39 is 33.1 Å². The highest BCUT2D eigenvalue weighted by atomic mass is 32.1. The van der Waals surface area contributed by atoms with Gasteiger partial charge < -0.3 is 10.4 Å². The largest absolute Gasteiger partial charge is 0.478 e. The number of amides is 1. The number of carboxylic acids is 1. The van der Waals surface area contributed by atoms with Crippen LogP contribution in [0.25, 0.3) is 0 Å². The van der Waals surface area contributed by atoms with Crippen molar-refractivity contribution in [2.45, 2.75) is 0 Å². The number of hydrogen-bond acceptors (Lipinski definition) is 7. The van der Waals surface area contributed by atoms with Gasteiger partial charge in [-0.3, -0.25) is 30.3 Å². The van der Waals surface area contributed by atoms with Gasteiger partial charge in [0.25, 0.3) is 17.3 Å². The molecule has 0 aliphatic carbocycles. The van der Waals surface area contributed by atoms with E-state index in [-0.39, 0.29) is 21.9 Å². The number of thiocarbonyl (C=S) groups is 1. The lowest BCUT2D eigenvalue weighted by molar-refractivity contribution is -0.394. The molecule has 0 saturated carbocycles.